The van der Waals surface area contributed by atoms with Crippen LogP contribution in [0.15, 0.2) is 65.7 Å². The highest BCUT2D eigenvalue weighted by atomic mass is 16.5. The molecule has 0 aliphatic rings. The molecule has 2 heterocycles. The number of amides is 1. The molecule has 0 bridgehead atoms. The molecular weight excluding hydrogens is 356 g/mol. The van der Waals surface area contributed by atoms with Gasteiger partial charge in [0.25, 0.3) is 5.56 Å². The van der Waals surface area contributed by atoms with E-state index >= 15 is 0 Å². The van der Waals surface area contributed by atoms with E-state index < -0.39 is 0 Å². The zero-order valence-electron chi connectivity index (χ0n) is 15.7. The largest absolute Gasteiger partial charge is 0.497 e. The molecule has 0 saturated carbocycles. The summed E-state index contributed by atoms with van der Waals surface area (Å²) in [6, 6.07) is 14.4. The summed E-state index contributed by atoms with van der Waals surface area (Å²) in [5.74, 6) is 0.692. The fourth-order valence-corrected chi connectivity index (χ4v) is 2.71. The highest BCUT2D eigenvalue weighted by molar-refractivity contribution is 5.75. The number of carbonyl (C=O) groups is 1. The Morgan fingerprint density at radius 2 is 1.96 bits per heavy atom. The molecule has 3 rings (SSSR count). The van der Waals surface area contributed by atoms with Gasteiger partial charge in [0.05, 0.1) is 12.8 Å². The van der Waals surface area contributed by atoms with E-state index in [4.69, 9.17) is 4.74 Å². The van der Waals surface area contributed by atoms with Crippen molar-refractivity contribution >= 4 is 5.91 Å². The summed E-state index contributed by atoms with van der Waals surface area (Å²) in [6.45, 7) is 0.820. The van der Waals surface area contributed by atoms with E-state index in [2.05, 4.69) is 15.4 Å². The van der Waals surface area contributed by atoms with Crippen LogP contribution in [0.1, 0.15) is 18.4 Å². The molecule has 1 N–H and O–H groups in total. The third kappa shape index (κ3) is 5.26. The Morgan fingerprint density at radius 3 is 2.68 bits per heavy atom. The lowest BCUT2D eigenvalue weighted by Gasteiger charge is -2.08. The van der Waals surface area contributed by atoms with E-state index in [9.17, 15) is 9.59 Å². The zero-order chi connectivity index (χ0) is 19.8. The Hall–Kier alpha value is -3.48. The van der Waals surface area contributed by atoms with E-state index in [-0.39, 0.29) is 11.5 Å². The number of methoxy groups -OCH3 is 1. The average molecular weight is 378 g/mol. The molecule has 1 aromatic carbocycles. The Balaban J connectivity index is 1.55. The molecule has 0 aliphatic carbocycles. The topological polar surface area (TPSA) is 86.1 Å². The number of nitrogens with zero attached hydrogens (tertiary/aromatic N) is 3. The third-order valence-corrected chi connectivity index (χ3v) is 4.24. The summed E-state index contributed by atoms with van der Waals surface area (Å²) in [4.78, 5) is 28.1. The Morgan fingerprint density at radius 1 is 1.14 bits per heavy atom. The molecule has 0 aliphatic heterocycles. The van der Waals surface area contributed by atoms with Gasteiger partial charge in [0, 0.05) is 43.5 Å². The fraction of sp³-hybridized carbons (Fsp3) is 0.238. The molecule has 3 aromatic rings. The maximum absolute atomic E-state index is 12.1. The molecule has 2 aromatic heterocycles. The summed E-state index contributed by atoms with van der Waals surface area (Å²) >= 11 is 0. The first kappa shape index (κ1) is 19.3. The minimum absolute atomic E-state index is 0.0665. The maximum Gasteiger partial charge on any atom is 0.266 e. The first-order valence-electron chi connectivity index (χ1n) is 9.04. The van der Waals surface area contributed by atoms with Gasteiger partial charge < -0.3 is 10.1 Å². The highest BCUT2D eigenvalue weighted by Crippen LogP contribution is 2.19. The second kappa shape index (κ2) is 9.45. The van der Waals surface area contributed by atoms with Crippen molar-refractivity contribution < 1.29 is 9.53 Å². The summed E-state index contributed by atoms with van der Waals surface area (Å²) < 4.78 is 6.55. The van der Waals surface area contributed by atoms with E-state index in [1.165, 1.54) is 10.7 Å². The second-order valence-electron chi connectivity index (χ2n) is 6.25. The monoisotopic (exact) mass is 378 g/mol. The Labute approximate surface area is 163 Å². The van der Waals surface area contributed by atoms with Gasteiger partial charge in [0.15, 0.2) is 0 Å². The van der Waals surface area contributed by atoms with Gasteiger partial charge in [-0.15, -0.1) is 0 Å². The number of aromatic nitrogens is 3. The predicted octanol–water partition coefficient (Wildman–Crippen LogP) is 2.41. The molecule has 0 spiro atoms. The number of carbonyl (C=O) groups excluding carboxylic acids is 1. The van der Waals surface area contributed by atoms with Crippen LogP contribution < -0.4 is 15.6 Å². The van der Waals surface area contributed by atoms with Crippen molar-refractivity contribution in [1.29, 1.82) is 0 Å². The van der Waals surface area contributed by atoms with Crippen molar-refractivity contribution in [3.8, 4) is 17.0 Å². The number of pyridine rings is 1. The molecule has 0 saturated heterocycles. The van der Waals surface area contributed by atoms with Crippen molar-refractivity contribution in [2.45, 2.75) is 25.9 Å². The van der Waals surface area contributed by atoms with E-state index in [0.29, 0.717) is 31.6 Å². The molecule has 0 atom stereocenters. The Bertz CT molecular complexity index is 969. The summed E-state index contributed by atoms with van der Waals surface area (Å²) in [6.07, 6.45) is 4.25. The van der Waals surface area contributed by atoms with Gasteiger partial charge in [-0.2, -0.15) is 5.10 Å². The predicted molar refractivity (Wildman–Crippen MR) is 106 cm³/mol. The van der Waals surface area contributed by atoms with Crippen LogP contribution in [0.5, 0.6) is 5.75 Å². The first-order chi connectivity index (χ1) is 13.7. The van der Waals surface area contributed by atoms with Crippen molar-refractivity contribution in [2.24, 2.45) is 0 Å². The van der Waals surface area contributed by atoms with Crippen molar-refractivity contribution in [1.82, 2.24) is 20.1 Å². The van der Waals surface area contributed by atoms with Crippen LogP contribution >= 0.6 is 0 Å². The summed E-state index contributed by atoms with van der Waals surface area (Å²) in [7, 11) is 1.61. The van der Waals surface area contributed by atoms with Crippen molar-refractivity contribution in [3.05, 3.63) is 76.8 Å². The minimum Gasteiger partial charge on any atom is -0.497 e. The quantitative estimate of drug-likeness (QED) is 0.651. The van der Waals surface area contributed by atoms with E-state index in [0.717, 1.165) is 16.9 Å². The van der Waals surface area contributed by atoms with Crippen LogP contribution in [0.4, 0.5) is 0 Å². The van der Waals surface area contributed by atoms with Gasteiger partial charge in [-0.1, -0.05) is 6.07 Å². The summed E-state index contributed by atoms with van der Waals surface area (Å²) in [5.41, 5.74) is 2.35. The maximum atomic E-state index is 12.1. The van der Waals surface area contributed by atoms with Crippen molar-refractivity contribution in [2.75, 3.05) is 7.11 Å². The van der Waals surface area contributed by atoms with Gasteiger partial charge in [0.1, 0.15) is 5.75 Å². The molecular formula is C21H22N4O3. The second-order valence-corrected chi connectivity index (χ2v) is 6.25. The molecule has 0 unspecified atom stereocenters. The number of nitrogens with one attached hydrogen (secondary N) is 1. The molecule has 144 valence electrons. The standard InChI is InChI=1S/C21H22N4O3/c1-28-18-8-6-17(7-9-18)19-10-11-21(27)25(24-19)13-3-5-20(26)23-15-16-4-2-12-22-14-16/h2,4,6-12,14H,3,5,13,15H2,1H3,(H,23,26). The molecule has 0 radical (unpaired) electrons. The molecule has 7 nitrogen and oxygen atoms in total. The number of ether oxygens (including phenoxy) is 1. The molecule has 0 fully saturated rings. The van der Waals surface area contributed by atoms with E-state index in [1.807, 2.05) is 36.4 Å². The zero-order valence-corrected chi connectivity index (χ0v) is 15.7. The van der Waals surface area contributed by atoms with Crippen LogP contribution in [0, 0.1) is 0 Å². The fourth-order valence-electron chi connectivity index (χ4n) is 2.71. The summed E-state index contributed by atoms with van der Waals surface area (Å²) in [5, 5.41) is 7.26. The normalized spacial score (nSPS) is 10.5. The molecule has 7 heteroatoms. The lowest BCUT2D eigenvalue weighted by molar-refractivity contribution is -0.121. The number of aryl methyl sites for hydroxylation is 1. The molecule has 28 heavy (non-hydrogen) atoms. The molecule has 1 amide bonds. The van der Waals surface area contributed by atoms with Gasteiger partial charge in [0.2, 0.25) is 5.91 Å². The van der Waals surface area contributed by atoms with Crippen LogP contribution in [0.25, 0.3) is 11.3 Å². The van der Waals surface area contributed by atoms with Crippen LogP contribution in [-0.4, -0.2) is 27.8 Å². The SMILES string of the molecule is COc1ccc(-c2ccc(=O)n(CCCC(=O)NCc3cccnc3)n2)cc1. The van der Waals surface area contributed by atoms with Gasteiger partial charge >= 0.3 is 0 Å². The van der Waals surface area contributed by atoms with Crippen LogP contribution in [0.2, 0.25) is 0 Å². The number of rotatable bonds is 8. The van der Waals surface area contributed by atoms with Crippen LogP contribution in [-0.2, 0) is 17.9 Å². The van der Waals surface area contributed by atoms with Gasteiger partial charge in [-0.05, 0) is 48.4 Å². The van der Waals surface area contributed by atoms with Gasteiger partial charge in [-0.3, -0.25) is 14.6 Å². The van der Waals surface area contributed by atoms with E-state index in [1.54, 1.807) is 25.6 Å². The van der Waals surface area contributed by atoms with Crippen molar-refractivity contribution in [3.63, 3.8) is 0 Å². The first-order valence-corrected chi connectivity index (χ1v) is 9.04. The highest BCUT2D eigenvalue weighted by Gasteiger charge is 2.06. The smallest absolute Gasteiger partial charge is 0.266 e. The van der Waals surface area contributed by atoms with Crippen LogP contribution in [0.3, 0.4) is 0 Å². The number of hydrogen-bond acceptors (Lipinski definition) is 5. The average Bonchev–Trinajstić information content (AvgIpc) is 2.74. The van der Waals surface area contributed by atoms with Gasteiger partial charge in [-0.25, -0.2) is 4.68 Å². The lowest BCUT2D eigenvalue weighted by atomic mass is 10.1. The number of benzene rings is 1. The number of hydrogen-bond donors (Lipinski definition) is 1. The lowest BCUT2D eigenvalue weighted by Crippen LogP contribution is -2.25. The minimum atomic E-state index is -0.187. The Kier molecular flexibility index (Phi) is 6.51. The third-order valence-electron chi connectivity index (χ3n) is 4.24.